The van der Waals surface area contributed by atoms with Crippen molar-refractivity contribution < 1.29 is 4.79 Å². The van der Waals surface area contributed by atoms with Gasteiger partial charge in [0, 0.05) is 38.5 Å². The van der Waals surface area contributed by atoms with Crippen molar-refractivity contribution >= 4 is 5.91 Å². The number of likely N-dealkylation sites (tertiary alicyclic amines) is 1. The molecule has 1 unspecified atom stereocenters. The first-order chi connectivity index (χ1) is 13.1. The highest BCUT2D eigenvalue weighted by Gasteiger charge is 2.49. The zero-order valence-electron chi connectivity index (χ0n) is 16.1. The molecule has 0 saturated carbocycles. The Morgan fingerprint density at radius 1 is 1.11 bits per heavy atom. The number of fused-ring (bicyclic) bond motifs is 1. The van der Waals surface area contributed by atoms with E-state index in [0.717, 1.165) is 38.8 Å². The van der Waals surface area contributed by atoms with Gasteiger partial charge in [-0.15, -0.1) is 0 Å². The van der Waals surface area contributed by atoms with Crippen LogP contribution in [0.5, 0.6) is 0 Å². The van der Waals surface area contributed by atoms with E-state index in [2.05, 4.69) is 60.5 Å². The molecule has 1 fully saturated rings. The quantitative estimate of drug-likeness (QED) is 0.886. The lowest BCUT2D eigenvalue weighted by Gasteiger charge is -2.40. The number of carbonyl (C=O) groups is 1. The second-order valence-corrected chi connectivity index (χ2v) is 8.11. The van der Waals surface area contributed by atoms with Crippen molar-refractivity contribution in [2.24, 2.45) is 5.73 Å². The van der Waals surface area contributed by atoms with Gasteiger partial charge in [0.05, 0.1) is 0 Å². The number of benzene rings is 2. The largest absolute Gasteiger partial charge is 0.339 e. The number of carbonyl (C=O) groups excluding carboxylic acids is 1. The van der Waals surface area contributed by atoms with Crippen LogP contribution in [0.4, 0.5) is 0 Å². The standard InChI is InChI=1S/C23H29N3O/c1-25(13-11-18-7-3-2-4-8-18)23(22(27)26-14-12-21(24)17-26)15-19-9-5-6-10-20(19)16-23/h2-10,21H,11-17,24H2,1H3. The monoisotopic (exact) mass is 363 g/mol. The van der Waals surface area contributed by atoms with Crippen LogP contribution in [0.2, 0.25) is 0 Å². The van der Waals surface area contributed by atoms with Gasteiger partial charge in [-0.2, -0.15) is 0 Å². The molecular formula is C23H29N3O. The molecule has 142 valence electrons. The van der Waals surface area contributed by atoms with Gasteiger partial charge < -0.3 is 10.6 Å². The number of amides is 1. The zero-order chi connectivity index (χ0) is 18.9. The molecule has 1 atom stereocenters. The van der Waals surface area contributed by atoms with Crippen molar-refractivity contribution in [3.05, 3.63) is 71.3 Å². The van der Waals surface area contributed by atoms with Crippen LogP contribution in [-0.4, -0.2) is 54.0 Å². The smallest absolute Gasteiger partial charge is 0.243 e. The number of hydrogen-bond acceptors (Lipinski definition) is 3. The Morgan fingerprint density at radius 3 is 2.33 bits per heavy atom. The predicted molar refractivity (Wildman–Crippen MR) is 109 cm³/mol. The molecule has 0 bridgehead atoms. The molecule has 1 aliphatic carbocycles. The van der Waals surface area contributed by atoms with Gasteiger partial charge >= 0.3 is 0 Å². The lowest BCUT2D eigenvalue weighted by atomic mass is 9.91. The molecule has 0 aromatic heterocycles. The third kappa shape index (κ3) is 3.52. The molecule has 2 aromatic carbocycles. The van der Waals surface area contributed by atoms with E-state index in [9.17, 15) is 4.79 Å². The van der Waals surface area contributed by atoms with Crippen molar-refractivity contribution in [1.29, 1.82) is 0 Å². The fraction of sp³-hybridized carbons (Fsp3) is 0.435. The maximum atomic E-state index is 13.7. The van der Waals surface area contributed by atoms with Crippen LogP contribution in [0.3, 0.4) is 0 Å². The summed E-state index contributed by atoms with van der Waals surface area (Å²) in [4.78, 5) is 18.0. The number of nitrogens with zero attached hydrogens (tertiary/aromatic N) is 2. The van der Waals surface area contributed by atoms with E-state index >= 15 is 0 Å². The predicted octanol–water partition coefficient (Wildman–Crippen LogP) is 2.26. The third-order valence-electron chi connectivity index (χ3n) is 6.30. The van der Waals surface area contributed by atoms with Crippen LogP contribution < -0.4 is 5.73 Å². The summed E-state index contributed by atoms with van der Waals surface area (Å²) in [5.41, 5.74) is 9.53. The highest BCUT2D eigenvalue weighted by Crippen LogP contribution is 2.36. The van der Waals surface area contributed by atoms with Gasteiger partial charge in [0.15, 0.2) is 0 Å². The summed E-state index contributed by atoms with van der Waals surface area (Å²) in [5.74, 6) is 0.252. The second-order valence-electron chi connectivity index (χ2n) is 8.11. The van der Waals surface area contributed by atoms with Gasteiger partial charge in [-0.1, -0.05) is 54.6 Å². The molecule has 1 aliphatic heterocycles. The number of nitrogens with two attached hydrogens (primary N) is 1. The van der Waals surface area contributed by atoms with Crippen LogP contribution in [0.15, 0.2) is 54.6 Å². The fourth-order valence-corrected chi connectivity index (χ4v) is 4.60. The topological polar surface area (TPSA) is 49.6 Å². The third-order valence-corrected chi connectivity index (χ3v) is 6.30. The molecule has 27 heavy (non-hydrogen) atoms. The average molecular weight is 364 g/mol. The van der Waals surface area contributed by atoms with Gasteiger partial charge in [-0.3, -0.25) is 9.69 Å². The average Bonchev–Trinajstić information content (AvgIpc) is 3.30. The zero-order valence-corrected chi connectivity index (χ0v) is 16.1. The molecule has 0 spiro atoms. The van der Waals surface area contributed by atoms with Gasteiger partial charge in [-0.25, -0.2) is 0 Å². The Hall–Kier alpha value is -2.17. The van der Waals surface area contributed by atoms with E-state index in [0.29, 0.717) is 6.54 Å². The van der Waals surface area contributed by atoms with Crippen LogP contribution >= 0.6 is 0 Å². The molecule has 2 aliphatic rings. The van der Waals surface area contributed by atoms with Crippen molar-refractivity contribution in [3.8, 4) is 0 Å². The van der Waals surface area contributed by atoms with Gasteiger partial charge in [0.25, 0.3) is 0 Å². The summed E-state index contributed by atoms with van der Waals surface area (Å²) >= 11 is 0. The van der Waals surface area contributed by atoms with Crippen LogP contribution in [-0.2, 0) is 24.1 Å². The summed E-state index contributed by atoms with van der Waals surface area (Å²) < 4.78 is 0. The first kappa shape index (κ1) is 18.2. The Balaban J connectivity index is 1.58. The lowest BCUT2D eigenvalue weighted by molar-refractivity contribution is -0.142. The molecule has 2 N–H and O–H groups in total. The highest BCUT2D eigenvalue weighted by atomic mass is 16.2. The molecular weight excluding hydrogens is 334 g/mol. The van der Waals surface area contributed by atoms with Crippen LogP contribution in [0, 0.1) is 0 Å². The maximum Gasteiger partial charge on any atom is 0.243 e. The number of hydrogen-bond donors (Lipinski definition) is 1. The molecule has 1 heterocycles. The maximum absolute atomic E-state index is 13.7. The van der Waals surface area contributed by atoms with E-state index in [1.54, 1.807) is 0 Å². The normalized spacial score (nSPS) is 20.9. The number of likely N-dealkylation sites (N-methyl/N-ethyl adjacent to an activating group) is 1. The molecule has 1 saturated heterocycles. The Morgan fingerprint density at radius 2 is 1.74 bits per heavy atom. The van der Waals surface area contributed by atoms with Crippen molar-refractivity contribution in [3.63, 3.8) is 0 Å². The molecule has 2 aromatic rings. The summed E-state index contributed by atoms with van der Waals surface area (Å²) in [6, 6.07) is 19.1. The van der Waals surface area contributed by atoms with Crippen molar-refractivity contribution in [2.75, 3.05) is 26.7 Å². The van der Waals surface area contributed by atoms with Crippen molar-refractivity contribution in [2.45, 2.75) is 37.3 Å². The van der Waals surface area contributed by atoms with E-state index in [1.807, 2.05) is 11.0 Å². The van der Waals surface area contributed by atoms with Crippen LogP contribution in [0.1, 0.15) is 23.1 Å². The summed E-state index contributed by atoms with van der Waals surface area (Å²) in [7, 11) is 2.11. The minimum Gasteiger partial charge on any atom is -0.339 e. The molecule has 4 nitrogen and oxygen atoms in total. The van der Waals surface area contributed by atoms with E-state index in [1.165, 1.54) is 16.7 Å². The summed E-state index contributed by atoms with van der Waals surface area (Å²) in [5, 5.41) is 0. The summed E-state index contributed by atoms with van der Waals surface area (Å²) in [6.45, 7) is 2.33. The van der Waals surface area contributed by atoms with Gasteiger partial charge in [0.2, 0.25) is 5.91 Å². The lowest BCUT2D eigenvalue weighted by Crippen LogP contribution is -2.59. The fourth-order valence-electron chi connectivity index (χ4n) is 4.60. The van der Waals surface area contributed by atoms with E-state index in [4.69, 9.17) is 5.73 Å². The second kappa shape index (κ2) is 7.45. The first-order valence-corrected chi connectivity index (χ1v) is 9.95. The van der Waals surface area contributed by atoms with Gasteiger partial charge in [0.1, 0.15) is 5.54 Å². The Kier molecular flexibility index (Phi) is 5.02. The SMILES string of the molecule is CN(CCc1ccccc1)C1(C(=O)N2CCC(N)C2)Cc2ccccc2C1. The van der Waals surface area contributed by atoms with E-state index < -0.39 is 5.54 Å². The molecule has 1 amide bonds. The number of rotatable bonds is 5. The van der Waals surface area contributed by atoms with Gasteiger partial charge in [-0.05, 0) is 36.6 Å². The highest BCUT2D eigenvalue weighted by molar-refractivity contribution is 5.88. The molecule has 0 radical (unpaired) electrons. The Bertz CT molecular complexity index is 779. The minimum atomic E-state index is -0.484. The first-order valence-electron chi connectivity index (χ1n) is 9.95. The Labute approximate surface area is 162 Å². The van der Waals surface area contributed by atoms with Crippen molar-refractivity contribution in [1.82, 2.24) is 9.80 Å². The minimum absolute atomic E-state index is 0.115. The molecule has 4 rings (SSSR count). The van der Waals surface area contributed by atoms with Crippen LogP contribution in [0.25, 0.3) is 0 Å². The summed E-state index contributed by atoms with van der Waals surface area (Å²) in [6.07, 6.45) is 3.43. The van der Waals surface area contributed by atoms with E-state index in [-0.39, 0.29) is 11.9 Å². The molecule has 4 heteroatoms.